The number of hydrogen-bond acceptors (Lipinski definition) is 10. The molecule has 0 aliphatic rings. The van der Waals surface area contributed by atoms with Crippen molar-refractivity contribution in [3.05, 3.63) is 60.2 Å². The minimum atomic E-state index is 0.519. The molecule has 48 heavy (non-hydrogen) atoms. The van der Waals surface area contributed by atoms with Crippen molar-refractivity contribution < 1.29 is 47.4 Å². The average Bonchev–Trinajstić information content (AvgIpc) is 3.12. The van der Waals surface area contributed by atoms with Crippen LogP contribution in [-0.2, 0) is 44.3 Å². The molecule has 0 aliphatic carbocycles. The van der Waals surface area contributed by atoms with Crippen molar-refractivity contribution in [3.8, 4) is 11.5 Å². The van der Waals surface area contributed by atoms with E-state index in [1.807, 2.05) is 30.3 Å². The number of ether oxygens (including phenoxy) is 10. The Kier molecular flexibility index (Phi) is 29.0. The van der Waals surface area contributed by atoms with Gasteiger partial charge in [0.05, 0.1) is 106 Å². The van der Waals surface area contributed by atoms with Crippen molar-refractivity contribution in [2.24, 2.45) is 0 Å². The van der Waals surface area contributed by atoms with Gasteiger partial charge >= 0.3 is 0 Å². The van der Waals surface area contributed by atoms with E-state index in [-0.39, 0.29) is 0 Å². The first kappa shape index (κ1) is 41.9. The fraction of sp³-hybridized carbons (Fsp3) is 0.684. The fourth-order valence-electron chi connectivity index (χ4n) is 4.46. The summed E-state index contributed by atoms with van der Waals surface area (Å²) in [7, 11) is 0. The van der Waals surface area contributed by atoms with E-state index in [1.54, 1.807) is 0 Å². The summed E-state index contributed by atoms with van der Waals surface area (Å²) in [6, 6.07) is 18.1. The maximum atomic E-state index is 5.77. The van der Waals surface area contributed by atoms with Gasteiger partial charge in [0.1, 0.15) is 24.7 Å². The lowest BCUT2D eigenvalue weighted by Gasteiger charge is -2.09. The molecule has 10 heteroatoms. The van der Waals surface area contributed by atoms with E-state index in [9.17, 15) is 0 Å². The molecule has 0 aromatic heterocycles. The number of para-hydroxylation sites is 1. The summed E-state index contributed by atoms with van der Waals surface area (Å²) in [5.41, 5.74) is 1.38. The van der Waals surface area contributed by atoms with Gasteiger partial charge in [-0.2, -0.15) is 0 Å². The molecule has 2 aromatic rings. The Labute approximate surface area is 289 Å². The van der Waals surface area contributed by atoms with Crippen LogP contribution in [0.4, 0.5) is 0 Å². The third-order valence-electron chi connectivity index (χ3n) is 7.08. The molecular weight excluding hydrogens is 616 g/mol. The molecule has 0 amide bonds. The van der Waals surface area contributed by atoms with Crippen LogP contribution in [0.3, 0.4) is 0 Å². The van der Waals surface area contributed by atoms with Gasteiger partial charge in [-0.05, 0) is 42.7 Å². The van der Waals surface area contributed by atoms with Crippen LogP contribution in [0.1, 0.15) is 51.0 Å². The summed E-state index contributed by atoms with van der Waals surface area (Å²) in [6.07, 6.45) is 9.10. The van der Waals surface area contributed by atoms with Crippen molar-refractivity contribution in [1.82, 2.24) is 0 Å². The standard InChI is InChI=1S/C38H62O10/c1-2-3-4-5-6-8-11-36-14-16-38(17-15-36)48-35-33-46-31-29-44-27-25-42-23-21-40-19-18-39-20-22-41-24-26-43-28-30-45-32-34-47-37-12-9-7-10-13-37/h7,9-10,12-17H,2-6,8,11,18-35H2,1H3. The van der Waals surface area contributed by atoms with Gasteiger partial charge < -0.3 is 47.4 Å². The summed E-state index contributed by atoms with van der Waals surface area (Å²) in [5.74, 6) is 1.73. The number of hydrogen-bond donors (Lipinski definition) is 0. The highest BCUT2D eigenvalue weighted by Crippen LogP contribution is 2.15. The summed E-state index contributed by atoms with van der Waals surface area (Å²) < 4.78 is 55.5. The maximum Gasteiger partial charge on any atom is 0.119 e. The Balaban J connectivity index is 1.19. The molecule has 0 unspecified atom stereocenters. The molecule has 10 nitrogen and oxygen atoms in total. The molecule has 0 aliphatic heterocycles. The average molecular weight is 679 g/mol. The monoisotopic (exact) mass is 678 g/mol. The molecule has 0 bridgehead atoms. The highest BCUT2D eigenvalue weighted by Gasteiger charge is 1.99. The summed E-state index contributed by atoms with van der Waals surface area (Å²) >= 11 is 0. The zero-order valence-electron chi connectivity index (χ0n) is 29.5. The number of unbranched alkanes of at least 4 members (excludes halogenated alkanes) is 5. The fourth-order valence-corrected chi connectivity index (χ4v) is 4.46. The Bertz CT molecular complexity index is 915. The predicted molar refractivity (Wildman–Crippen MR) is 188 cm³/mol. The second-order valence-corrected chi connectivity index (χ2v) is 11.1. The zero-order chi connectivity index (χ0) is 33.8. The van der Waals surface area contributed by atoms with Gasteiger partial charge in [-0.15, -0.1) is 0 Å². The van der Waals surface area contributed by atoms with Crippen LogP contribution in [0, 0.1) is 0 Å². The smallest absolute Gasteiger partial charge is 0.119 e. The summed E-state index contributed by atoms with van der Waals surface area (Å²) in [6.45, 7) is 11.7. The minimum Gasteiger partial charge on any atom is -0.491 e. The number of benzene rings is 2. The molecule has 0 N–H and O–H groups in total. The van der Waals surface area contributed by atoms with Gasteiger partial charge in [0, 0.05) is 0 Å². The van der Waals surface area contributed by atoms with E-state index in [2.05, 4.69) is 31.2 Å². The summed E-state index contributed by atoms with van der Waals surface area (Å²) in [4.78, 5) is 0. The van der Waals surface area contributed by atoms with Crippen molar-refractivity contribution in [1.29, 1.82) is 0 Å². The lowest BCUT2D eigenvalue weighted by Crippen LogP contribution is -2.15. The normalized spacial score (nSPS) is 11.3. The van der Waals surface area contributed by atoms with Gasteiger partial charge in [0.2, 0.25) is 0 Å². The van der Waals surface area contributed by atoms with E-state index < -0.39 is 0 Å². The first-order chi connectivity index (χ1) is 23.9. The van der Waals surface area contributed by atoms with E-state index in [1.165, 1.54) is 44.1 Å². The van der Waals surface area contributed by atoms with Crippen LogP contribution in [0.25, 0.3) is 0 Å². The second kappa shape index (κ2) is 33.2. The van der Waals surface area contributed by atoms with Gasteiger partial charge in [-0.1, -0.05) is 69.4 Å². The highest BCUT2D eigenvalue weighted by atomic mass is 16.6. The van der Waals surface area contributed by atoms with Crippen LogP contribution in [0.15, 0.2) is 54.6 Å². The second-order valence-electron chi connectivity index (χ2n) is 11.1. The van der Waals surface area contributed by atoms with Crippen LogP contribution in [0.2, 0.25) is 0 Å². The Hall–Kier alpha value is -2.28. The highest BCUT2D eigenvalue weighted by molar-refractivity contribution is 5.27. The predicted octanol–water partition coefficient (Wildman–Crippen LogP) is 6.18. The van der Waals surface area contributed by atoms with Crippen molar-refractivity contribution in [3.63, 3.8) is 0 Å². The molecular formula is C38H62O10. The number of rotatable bonds is 36. The lowest BCUT2D eigenvalue weighted by molar-refractivity contribution is -0.0241. The molecule has 274 valence electrons. The minimum absolute atomic E-state index is 0.519. The summed E-state index contributed by atoms with van der Waals surface area (Å²) in [5, 5.41) is 0. The van der Waals surface area contributed by atoms with Crippen LogP contribution < -0.4 is 9.47 Å². The van der Waals surface area contributed by atoms with Crippen LogP contribution in [-0.4, -0.2) is 119 Å². The zero-order valence-corrected chi connectivity index (χ0v) is 29.5. The quantitative estimate of drug-likeness (QED) is 0.0779. The first-order valence-electron chi connectivity index (χ1n) is 17.9. The molecule has 0 atom stereocenters. The van der Waals surface area contributed by atoms with Crippen LogP contribution >= 0.6 is 0 Å². The Morgan fingerprint density at radius 3 is 1.06 bits per heavy atom. The topological polar surface area (TPSA) is 92.3 Å². The molecule has 0 fully saturated rings. The van der Waals surface area contributed by atoms with Gasteiger partial charge in [-0.3, -0.25) is 0 Å². The molecule has 2 rings (SSSR count). The molecule has 0 saturated carbocycles. The van der Waals surface area contributed by atoms with Crippen molar-refractivity contribution in [2.45, 2.75) is 51.9 Å². The third-order valence-corrected chi connectivity index (χ3v) is 7.08. The van der Waals surface area contributed by atoms with Crippen molar-refractivity contribution >= 4 is 0 Å². The Morgan fingerprint density at radius 1 is 0.333 bits per heavy atom. The van der Waals surface area contributed by atoms with Gasteiger partial charge in [0.25, 0.3) is 0 Å². The molecule has 0 saturated heterocycles. The number of aryl methyl sites for hydroxylation is 1. The van der Waals surface area contributed by atoms with E-state index >= 15 is 0 Å². The maximum absolute atomic E-state index is 5.77. The molecule has 0 spiro atoms. The van der Waals surface area contributed by atoms with Crippen LogP contribution in [0.5, 0.6) is 11.5 Å². The van der Waals surface area contributed by atoms with Gasteiger partial charge in [-0.25, -0.2) is 0 Å². The van der Waals surface area contributed by atoms with E-state index in [0.717, 1.165) is 17.9 Å². The molecule has 0 radical (unpaired) electrons. The Morgan fingerprint density at radius 2 is 0.667 bits per heavy atom. The van der Waals surface area contributed by atoms with E-state index in [4.69, 9.17) is 47.4 Å². The first-order valence-corrected chi connectivity index (χ1v) is 17.9. The third kappa shape index (κ3) is 26.6. The van der Waals surface area contributed by atoms with Gasteiger partial charge in [0.15, 0.2) is 0 Å². The molecule has 0 heterocycles. The lowest BCUT2D eigenvalue weighted by atomic mass is 10.0. The van der Waals surface area contributed by atoms with E-state index in [0.29, 0.717) is 119 Å². The SMILES string of the molecule is CCCCCCCCc1ccc(OCCOCCOCCOCCOCCOCCOCCOCCOCCOc2ccccc2)cc1. The van der Waals surface area contributed by atoms with Crippen molar-refractivity contribution in [2.75, 3.05) is 119 Å². The molecule has 2 aromatic carbocycles. The largest absolute Gasteiger partial charge is 0.491 e.